The van der Waals surface area contributed by atoms with Gasteiger partial charge in [-0.05, 0) is 10.8 Å². The number of fused-ring (bicyclic) bond motifs is 1. The van der Waals surface area contributed by atoms with Gasteiger partial charge >= 0.3 is 6.18 Å². The maximum Gasteiger partial charge on any atom is 0.435 e. The Morgan fingerprint density at radius 2 is 1.81 bits per heavy atom. The van der Waals surface area contributed by atoms with Gasteiger partial charge in [-0.25, -0.2) is 0 Å². The van der Waals surface area contributed by atoms with Crippen molar-refractivity contribution >= 4 is 16.7 Å². The molecule has 0 aliphatic rings. The van der Waals surface area contributed by atoms with Gasteiger partial charge in [-0.3, -0.25) is 9.25 Å². The molecular formula is C22H23F3N6O. The first-order valence-corrected chi connectivity index (χ1v) is 10.0. The minimum absolute atomic E-state index is 0.0245. The fourth-order valence-corrected chi connectivity index (χ4v) is 3.80. The maximum absolute atomic E-state index is 13.4. The first kappa shape index (κ1) is 21.8. The third-order valence-electron chi connectivity index (χ3n) is 5.20. The number of aromatic nitrogens is 5. The predicted octanol–water partition coefficient (Wildman–Crippen LogP) is 4.13. The number of hydrogen-bond acceptors (Lipinski definition) is 5. The molecular weight excluding hydrogens is 421 g/mol. The Kier molecular flexibility index (Phi) is 5.88. The van der Waals surface area contributed by atoms with Crippen LogP contribution >= 0.6 is 0 Å². The summed E-state index contributed by atoms with van der Waals surface area (Å²) in [6.45, 7) is 0.821. The predicted molar refractivity (Wildman–Crippen MR) is 115 cm³/mol. The second-order valence-corrected chi connectivity index (χ2v) is 7.53. The summed E-state index contributed by atoms with van der Waals surface area (Å²) in [7, 11) is 4.75. The molecule has 2 aromatic heterocycles. The van der Waals surface area contributed by atoms with Gasteiger partial charge in [-0.1, -0.05) is 42.5 Å². The topological polar surface area (TPSA) is 61.0 Å². The zero-order valence-corrected chi connectivity index (χ0v) is 18.0. The van der Waals surface area contributed by atoms with Crippen LogP contribution in [0.3, 0.4) is 0 Å². The van der Waals surface area contributed by atoms with E-state index in [-0.39, 0.29) is 12.1 Å². The smallest absolute Gasteiger partial charge is 0.383 e. The average molecular weight is 444 g/mol. The van der Waals surface area contributed by atoms with E-state index in [0.29, 0.717) is 24.9 Å². The molecule has 2 aromatic carbocycles. The number of benzene rings is 2. The fraction of sp³-hybridized carbons (Fsp3) is 0.318. The summed E-state index contributed by atoms with van der Waals surface area (Å²) < 4.78 is 48.5. The number of alkyl halides is 3. The molecule has 0 radical (unpaired) electrons. The van der Waals surface area contributed by atoms with Crippen LogP contribution in [0.25, 0.3) is 22.2 Å². The second-order valence-electron chi connectivity index (χ2n) is 7.53. The highest BCUT2D eigenvalue weighted by Gasteiger charge is 2.37. The van der Waals surface area contributed by atoms with Crippen molar-refractivity contribution in [1.82, 2.24) is 24.5 Å². The van der Waals surface area contributed by atoms with E-state index in [1.807, 2.05) is 47.0 Å². The Morgan fingerprint density at radius 3 is 2.56 bits per heavy atom. The molecule has 168 valence electrons. The van der Waals surface area contributed by atoms with Crippen LogP contribution in [0, 0.1) is 0 Å². The van der Waals surface area contributed by atoms with Crippen molar-refractivity contribution in [2.24, 2.45) is 7.05 Å². The Morgan fingerprint density at radius 1 is 1.06 bits per heavy atom. The number of anilines is 1. The SMILES string of the molecule is COCCn1c(-c2cccc3ccccc23)nnc1N(C)Cc1cn(C)nc1C(F)(F)F. The summed E-state index contributed by atoms with van der Waals surface area (Å²) in [4.78, 5) is 1.64. The molecule has 0 fully saturated rings. The van der Waals surface area contributed by atoms with E-state index in [2.05, 4.69) is 15.3 Å². The van der Waals surface area contributed by atoms with E-state index in [4.69, 9.17) is 4.74 Å². The fourth-order valence-electron chi connectivity index (χ4n) is 3.80. The van der Waals surface area contributed by atoms with Crippen molar-refractivity contribution in [2.45, 2.75) is 19.3 Å². The van der Waals surface area contributed by atoms with Gasteiger partial charge in [0.2, 0.25) is 5.95 Å². The summed E-state index contributed by atoms with van der Waals surface area (Å²) in [5.74, 6) is 1.07. The molecule has 0 unspecified atom stereocenters. The highest BCUT2D eigenvalue weighted by molar-refractivity contribution is 5.95. The van der Waals surface area contributed by atoms with Crippen LogP contribution in [-0.4, -0.2) is 45.3 Å². The van der Waals surface area contributed by atoms with E-state index in [1.54, 1.807) is 19.1 Å². The molecule has 0 aliphatic carbocycles. The first-order valence-electron chi connectivity index (χ1n) is 10.0. The lowest BCUT2D eigenvalue weighted by Crippen LogP contribution is -2.23. The minimum Gasteiger partial charge on any atom is -0.383 e. The molecule has 10 heteroatoms. The van der Waals surface area contributed by atoms with Crippen LogP contribution in [0.4, 0.5) is 19.1 Å². The van der Waals surface area contributed by atoms with E-state index in [1.165, 1.54) is 17.9 Å². The molecule has 0 amide bonds. The average Bonchev–Trinajstić information content (AvgIpc) is 3.34. The molecule has 0 saturated carbocycles. The Labute approximate surface area is 183 Å². The molecule has 2 heterocycles. The van der Waals surface area contributed by atoms with Gasteiger partial charge in [0.15, 0.2) is 11.5 Å². The number of aryl methyl sites for hydroxylation is 1. The third kappa shape index (κ3) is 4.18. The number of methoxy groups -OCH3 is 1. The summed E-state index contributed by atoms with van der Waals surface area (Å²) >= 11 is 0. The standard InChI is InChI=1S/C22H23F3N6O/c1-29(13-16-14-30(2)28-19(16)22(23,24)25)21-27-26-20(31(21)11-12-32-3)18-10-6-8-15-7-4-5-9-17(15)18/h4-10,14H,11-13H2,1-3H3. The molecule has 0 atom stereocenters. The van der Waals surface area contributed by atoms with Gasteiger partial charge in [0.25, 0.3) is 0 Å². The van der Waals surface area contributed by atoms with Crippen LogP contribution in [0.5, 0.6) is 0 Å². The van der Waals surface area contributed by atoms with Crippen molar-refractivity contribution in [3.63, 3.8) is 0 Å². The Balaban J connectivity index is 1.75. The molecule has 0 saturated heterocycles. The van der Waals surface area contributed by atoms with E-state index in [9.17, 15) is 13.2 Å². The molecule has 0 N–H and O–H groups in total. The molecule has 0 bridgehead atoms. The zero-order valence-electron chi connectivity index (χ0n) is 18.0. The molecule has 32 heavy (non-hydrogen) atoms. The molecule has 0 aliphatic heterocycles. The van der Waals surface area contributed by atoms with Gasteiger partial charge in [-0.15, -0.1) is 10.2 Å². The lowest BCUT2D eigenvalue weighted by molar-refractivity contribution is -0.142. The van der Waals surface area contributed by atoms with Crippen molar-refractivity contribution < 1.29 is 17.9 Å². The summed E-state index contributed by atoms with van der Waals surface area (Å²) in [5.41, 5.74) is 0.0586. The molecule has 4 rings (SSSR count). The van der Waals surface area contributed by atoms with Gasteiger partial charge in [-0.2, -0.15) is 18.3 Å². The molecule has 0 spiro atoms. The van der Waals surface area contributed by atoms with Crippen molar-refractivity contribution in [1.29, 1.82) is 0 Å². The van der Waals surface area contributed by atoms with E-state index >= 15 is 0 Å². The monoisotopic (exact) mass is 444 g/mol. The van der Waals surface area contributed by atoms with Crippen LogP contribution in [-0.2, 0) is 31.1 Å². The lowest BCUT2D eigenvalue weighted by atomic mass is 10.0. The number of nitrogens with zero attached hydrogens (tertiary/aromatic N) is 6. The summed E-state index contributed by atoms with van der Waals surface area (Å²) in [6, 6.07) is 13.9. The van der Waals surface area contributed by atoms with Crippen LogP contribution in [0.15, 0.2) is 48.7 Å². The van der Waals surface area contributed by atoms with Crippen molar-refractivity contribution in [3.8, 4) is 11.4 Å². The lowest BCUT2D eigenvalue weighted by Gasteiger charge is -2.20. The maximum atomic E-state index is 13.4. The van der Waals surface area contributed by atoms with Gasteiger partial charge in [0.1, 0.15) is 0 Å². The van der Waals surface area contributed by atoms with Gasteiger partial charge < -0.3 is 9.64 Å². The van der Waals surface area contributed by atoms with Crippen molar-refractivity contribution in [3.05, 3.63) is 59.9 Å². The highest BCUT2D eigenvalue weighted by atomic mass is 19.4. The van der Waals surface area contributed by atoms with Crippen LogP contribution in [0.2, 0.25) is 0 Å². The Hall–Kier alpha value is -3.40. The van der Waals surface area contributed by atoms with Crippen LogP contribution < -0.4 is 4.90 Å². The first-order chi connectivity index (χ1) is 15.3. The number of ether oxygens (including phenoxy) is 1. The highest BCUT2D eigenvalue weighted by Crippen LogP contribution is 2.33. The number of hydrogen-bond donors (Lipinski definition) is 0. The largest absolute Gasteiger partial charge is 0.435 e. The van der Waals surface area contributed by atoms with Gasteiger partial charge in [0, 0.05) is 45.1 Å². The van der Waals surface area contributed by atoms with Crippen molar-refractivity contribution in [2.75, 3.05) is 25.7 Å². The van der Waals surface area contributed by atoms with E-state index in [0.717, 1.165) is 16.3 Å². The quantitative estimate of drug-likeness (QED) is 0.429. The number of halogens is 3. The molecule has 7 nitrogen and oxygen atoms in total. The minimum atomic E-state index is -4.53. The molecule has 4 aromatic rings. The summed E-state index contributed by atoms with van der Waals surface area (Å²) in [6.07, 6.45) is -3.16. The second kappa shape index (κ2) is 8.62. The zero-order chi connectivity index (χ0) is 22.9. The van der Waals surface area contributed by atoms with E-state index < -0.39 is 11.9 Å². The van der Waals surface area contributed by atoms with Gasteiger partial charge in [0.05, 0.1) is 13.2 Å². The number of rotatable bonds is 7. The normalized spacial score (nSPS) is 11.9. The Bertz CT molecular complexity index is 1220. The third-order valence-corrected chi connectivity index (χ3v) is 5.20. The summed E-state index contributed by atoms with van der Waals surface area (Å²) in [5, 5.41) is 14.4. The van der Waals surface area contributed by atoms with Crippen LogP contribution in [0.1, 0.15) is 11.3 Å².